The number of imide groups is 2. The molecule has 0 saturated carbocycles. The molecule has 1 unspecified atom stereocenters. The van der Waals surface area contributed by atoms with E-state index in [4.69, 9.17) is 18.9 Å². The molecule has 0 spiro atoms. The van der Waals surface area contributed by atoms with Gasteiger partial charge in [0.2, 0.25) is 11.8 Å². The summed E-state index contributed by atoms with van der Waals surface area (Å²) in [6.45, 7) is 5.85. The number of piperidine rings is 1. The summed E-state index contributed by atoms with van der Waals surface area (Å²) in [6, 6.07) is 10.1. The van der Waals surface area contributed by atoms with Crippen molar-refractivity contribution in [3.8, 4) is 11.5 Å². The number of nitrogens with one attached hydrogen (secondary N) is 3. The van der Waals surface area contributed by atoms with Gasteiger partial charge in [-0.3, -0.25) is 39.5 Å². The Kier molecular flexibility index (Phi) is 10.2. The largest absolute Gasteiger partial charge is 0.491 e. The zero-order valence-electron chi connectivity index (χ0n) is 24.6. The molecule has 0 aliphatic carbocycles. The van der Waals surface area contributed by atoms with Crippen LogP contribution in [0, 0.1) is 0 Å². The Morgan fingerprint density at radius 1 is 0.955 bits per heavy atom. The number of benzene rings is 2. The number of carbonyl (C=O) groups excluding carboxylic acids is 6. The summed E-state index contributed by atoms with van der Waals surface area (Å²) in [5.74, 6) is -2.41. The van der Waals surface area contributed by atoms with Gasteiger partial charge in [0.1, 0.15) is 29.7 Å². The van der Waals surface area contributed by atoms with E-state index in [2.05, 4.69) is 16.0 Å². The fraction of sp³-hybridized carbons (Fsp3) is 0.400. The Balaban J connectivity index is 1.14. The summed E-state index contributed by atoms with van der Waals surface area (Å²) in [6.07, 6.45) is -0.508. The monoisotopic (exact) mass is 610 g/mol. The highest BCUT2D eigenvalue weighted by Gasteiger charge is 2.46. The van der Waals surface area contributed by atoms with Crippen LogP contribution in [0.25, 0.3) is 0 Å². The number of fused-ring (bicyclic) bond motifs is 1. The van der Waals surface area contributed by atoms with E-state index in [-0.39, 0.29) is 56.1 Å². The van der Waals surface area contributed by atoms with Crippen LogP contribution in [-0.4, -0.2) is 85.1 Å². The number of ether oxygens (including phenoxy) is 4. The maximum atomic E-state index is 13.1. The average molecular weight is 611 g/mol. The summed E-state index contributed by atoms with van der Waals surface area (Å²) in [7, 11) is 0. The first kappa shape index (κ1) is 31.9. The number of carbonyl (C=O) groups is 6. The number of nitrogens with zero attached hydrogens (tertiary/aromatic N) is 1. The van der Waals surface area contributed by atoms with Gasteiger partial charge in [-0.25, -0.2) is 4.79 Å². The molecule has 4 rings (SSSR count). The summed E-state index contributed by atoms with van der Waals surface area (Å²) >= 11 is 0. The van der Waals surface area contributed by atoms with Gasteiger partial charge in [-0.05, 0) is 63.6 Å². The summed E-state index contributed by atoms with van der Waals surface area (Å²) in [5.41, 5.74) is -0.0101. The first-order valence-corrected chi connectivity index (χ1v) is 14.0. The van der Waals surface area contributed by atoms with Crippen molar-refractivity contribution in [1.29, 1.82) is 0 Å². The van der Waals surface area contributed by atoms with Gasteiger partial charge in [-0.2, -0.15) is 0 Å². The van der Waals surface area contributed by atoms with Crippen LogP contribution in [0.2, 0.25) is 0 Å². The molecule has 0 radical (unpaired) electrons. The van der Waals surface area contributed by atoms with Crippen LogP contribution in [-0.2, 0) is 23.9 Å². The number of hydrogen-bond acceptors (Lipinski definition) is 10. The highest BCUT2D eigenvalue weighted by Crippen LogP contribution is 2.33. The molecule has 2 aliphatic heterocycles. The zero-order chi connectivity index (χ0) is 31.9. The SMILES string of the molecule is CC(C)(C)OC(=O)Nc1ccc(OCCOCCNC(=O)COc2cccc3c2C(=O)N(C2CCC(=O)NC2=O)C3=O)cc1. The van der Waals surface area contributed by atoms with Gasteiger partial charge < -0.3 is 24.3 Å². The van der Waals surface area contributed by atoms with Crippen LogP contribution >= 0.6 is 0 Å². The number of hydrogen-bond donors (Lipinski definition) is 3. The molecule has 2 aromatic rings. The van der Waals surface area contributed by atoms with E-state index in [1.807, 2.05) is 0 Å². The number of rotatable bonds is 12. The van der Waals surface area contributed by atoms with Crippen LogP contribution in [0.15, 0.2) is 42.5 Å². The highest BCUT2D eigenvalue weighted by molar-refractivity contribution is 6.24. The van der Waals surface area contributed by atoms with Crippen molar-refractivity contribution in [3.63, 3.8) is 0 Å². The molecule has 2 aromatic carbocycles. The lowest BCUT2D eigenvalue weighted by atomic mass is 10.0. The summed E-state index contributed by atoms with van der Waals surface area (Å²) < 4.78 is 21.8. The summed E-state index contributed by atoms with van der Waals surface area (Å²) in [5, 5.41) is 7.41. The van der Waals surface area contributed by atoms with Gasteiger partial charge in [0.15, 0.2) is 6.61 Å². The molecule has 1 fully saturated rings. The molecule has 3 N–H and O–H groups in total. The Bertz CT molecular complexity index is 1430. The van der Waals surface area contributed by atoms with Crippen LogP contribution in [0.1, 0.15) is 54.3 Å². The Hall–Kier alpha value is -4.98. The van der Waals surface area contributed by atoms with Gasteiger partial charge in [0.25, 0.3) is 17.7 Å². The molecule has 6 amide bonds. The third-order valence-electron chi connectivity index (χ3n) is 6.35. The molecule has 0 bridgehead atoms. The van der Waals surface area contributed by atoms with Crippen molar-refractivity contribution >= 4 is 41.3 Å². The molecule has 234 valence electrons. The van der Waals surface area contributed by atoms with E-state index in [9.17, 15) is 28.8 Å². The smallest absolute Gasteiger partial charge is 0.412 e. The van der Waals surface area contributed by atoms with Crippen molar-refractivity contribution in [2.24, 2.45) is 0 Å². The van der Waals surface area contributed by atoms with Gasteiger partial charge in [0, 0.05) is 18.7 Å². The Labute approximate surface area is 253 Å². The van der Waals surface area contributed by atoms with Gasteiger partial charge in [0.05, 0.1) is 24.3 Å². The molecule has 0 aromatic heterocycles. The van der Waals surface area contributed by atoms with Crippen molar-refractivity contribution in [1.82, 2.24) is 15.5 Å². The number of amides is 6. The van der Waals surface area contributed by atoms with Crippen LogP contribution in [0.4, 0.5) is 10.5 Å². The van der Waals surface area contributed by atoms with Crippen molar-refractivity contribution in [3.05, 3.63) is 53.6 Å². The predicted molar refractivity (Wildman–Crippen MR) is 154 cm³/mol. The van der Waals surface area contributed by atoms with Gasteiger partial charge in [-0.1, -0.05) is 6.07 Å². The van der Waals surface area contributed by atoms with E-state index in [1.54, 1.807) is 45.0 Å². The highest BCUT2D eigenvalue weighted by atomic mass is 16.6. The van der Waals surface area contributed by atoms with Crippen LogP contribution in [0.3, 0.4) is 0 Å². The second-order valence-electron chi connectivity index (χ2n) is 10.9. The standard InChI is InChI=1S/C30H34N4O10/c1-30(2,3)44-29(40)32-18-7-9-19(10-8-18)42-16-15-41-14-13-31-24(36)17-43-22-6-4-5-20-25(22)28(39)34(27(20)38)21-11-12-23(35)33-26(21)37/h4-10,21H,11-17H2,1-3H3,(H,31,36)(H,32,40)(H,33,35,37). The minimum Gasteiger partial charge on any atom is -0.491 e. The topological polar surface area (TPSA) is 179 Å². The van der Waals surface area contributed by atoms with Crippen molar-refractivity contribution < 1.29 is 47.7 Å². The minimum absolute atomic E-state index is 0.00844. The van der Waals surface area contributed by atoms with E-state index in [1.165, 1.54) is 18.2 Å². The molecular weight excluding hydrogens is 576 g/mol. The maximum absolute atomic E-state index is 13.1. The molecular formula is C30H34N4O10. The first-order chi connectivity index (χ1) is 20.9. The average Bonchev–Trinajstić information content (AvgIpc) is 3.21. The van der Waals surface area contributed by atoms with Crippen molar-refractivity contribution in [2.75, 3.05) is 38.3 Å². The fourth-order valence-electron chi connectivity index (χ4n) is 4.44. The molecule has 1 saturated heterocycles. The minimum atomic E-state index is -1.10. The van der Waals surface area contributed by atoms with Crippen LogP contribution in [0.5, 0.6) is 11.5 Å². The van der Waals surface area contributed by atoms with Gasteiger partial charge >= 0.3 is 6.09 Å². The maximum Gasteiger partial charge on any atom is 0.412 e. The lowest BCUT2D eigenvalue weighted by Gasteiger charge is -2.27. The van der Waals surface area contributed by atoms with E-state index in [0.29, 0.717) is 11.4 Å². The van der Waals surface area contributed by atoms with Crippen LogP contribution < -0.4 is 25.4 Å². The van der Waals surface area contributed by atoms with E-state index in [0.717, 1.165) is 4.90 Å². The van der Waals surface area contributed by atoms with E-state index < -0.39 is 53.9 Å². The first-order valence-electron chi connectivity index (χ1n) is 14.0. The summed E-state index contributed by atoms with van der Waals surface area (Å²) in [4.78, 5) is 74.7. The Morgan fingerprint density at radius 2 is 1.70 bits per heavy atom. The number of anilines is 1. The lowest BCUT2D eigenvalue weighted by molar-refractivity contribution is -0.136. The zero-order valence-corrected chi connectivity index (χ0v) is 24.6. The fourth-order valence-corrected chi connectivity index (χ4v) is 4.44. The second-order valence-corrected chi connectivity index (χ2v) is 10.9. The molecule has 2 aliphatic rings. The quantitative estimate of drug-likeness (QED) is 0.238. The van der Waals surface area contributed by atoms with E-state index >= 15 is 0 Å². The predicted octanol–water partition coefficient (Wildman–Crippen LogP) is 2.03. The lowest BCUT2D eigenvalue weighted by Crippen LogP contribution is -2.54. The molecule has 14 nitrogen and oxygen atoms in total. The van der Waals surface area contributed by atoms with Gasteiger partial charge in [-0.15, -0.1) is 0 Å². The molecule has 1 atom stereocenters. The molecule has 44 heavy (non-hydrogen) atoms. The normalized spacial score (nSPS) is 16.2. The second kappa shape index (κ2) is 14.0. The Morgan fingerprint density at radius 3 is 2.41 bits per heavy atom. The molecule has 14 heteroatoms. The third kappa shape index (κ3) is 8.31. The molecule has 2 heterocycles. The van der Waals surface area contributed by atoms with Crippen molar-refractivity contribution in [2.45, 2.75) is 45.3 Å². The third-order valence-corrected chi connectivity index (χ3v) is 6.35.